The van der Waals surface area contributed by atoms with Crippen LogP contribution in [0.3, 0.4) is 0 Å². The molecule has 2 rings (SSSR count). The summed E-state index contributed by atoms with van der Waals surface area (Å²) in [6.07, 6.45) is -0.793. The van der Waals surface area contributed by atoms with Gasteiger partial charge in [0.2, 0.25) is 0 Å². The Hall–Kier alpha value is -3.19. The largest absolute Gasteiger partial charge is 0.459 e. The van der Waals surface area contributed by atoms with E-state index in [1.165, 1.54) is 6.92 Å². The van der Waals surface area contributed by atoms with Gasteiger partial charge in [0.15, 0.2) is 6.79 Å². The predicted octanol–water partition coefficient (Wildman–Crippen LogP) is 3.22. The first-order chi connectivity index (χ1) is 13.8. The fourth-order valence-corrected chi connectivity index (χ4v) is 2.24. The van der Waals surface area contributed by atoms with E-state index in [9.17, 15) is 14.4 Å². The van der Waals surface area contributed by atoms with Crippen molar-refractivity contribution in [3.8, 4) is 0 Å². The minimum atomic E-state index is -0.793. The van der Waals surface area contributed by atoms with Crippen LogP contribution in [0.15, 0.2) is 48.5 Å². The monoisotopic (exact) mass is 400 g/mol. The molecule has 0 radical (unpaired) electrons. The summed E-state index contributed by atoms with van der Waals surface area (Å²) in [5.74, 6) is -1.58. The minimum Gasteiger partial charge on any atom is -0.459 e. The van der Waals surface area contributed by atoms with Crippen molar-refractivity contribution in [2.24, 2.45) is 0 Å². The highest BCUT2D eigenvalue weighted by molar-refractivity contribution is 5.90. The number of hydrogen-bond acceptors (Lipinski definition) is 7. The van der Waals surface area contributed by atoms with Crippen LogP contribution in [0.25, 0.3) is 0 Å². The van der Waals surface area contributed by atoms with Gasteiger partial charge in [-0.3, -0.25) is 4.79 Å². The quantitative estimate of drug-likeness (QED) is 0.363. The van der Waals surface area contributed by atoms with Crippen LogP contribution in [0.2, 0.25) is 0 Å². The molecule has 0 unspecified atom stereocenters. The van der Waals surface area contributed by atoms with Gasteiger partial charge in [-0.15, -0.1) is 0 Å². The molecule has 0 aliphatic heterocycles. The van der Waals surface area contributed by atoms with E-state index in [2.05, 4.69) is 0 Å². The molecule has 0 spiro atoms. The van der Waals surface area contributed by atoms with Gasteiger partial charge in [-0.25, -0.2) is 9.59 Å². The first-order valence-electron chi connectivity index (χ1n) is 9.07. The molecule has 0 atom stereocenters. The van der Waals surface area contributed by atoms with E-state index in [1.54, 1.807) is 48.5 Å². The maximum Gasteiger partial charge on any atom is 0.338 e. The number of ether oxygens (including phenoxy) is 4. The van der Waals surface area contributed by atoms with E-state index in [0.717, 1.165) is 11.1 Å². The smallest absolute Gasteiger partial charge is 0.338 e. The maximum atomic E-state index is 12.2. The van der Waals surface area contributed by atoms with E-state index >= 15 is 0 Å². The minimum absolute atomic E-state index is 0.171. The van der Waals surface area contributed by atoms with Crippen molar-refractivity contribution in [1.29, 1.82) is 0 Å². The topological polar surface area (TPSA) is 88.1 Å². The Morgan fingerprint density at radius 2 is 1.14 bits per heavy atom. The summed E-state index contributed by atoms with van der Waals surface area (Å²) in [4.78, 5) is 35.2. The van der Waals surface area contributed by atoms with Crippen molar-refractivity contribution in [2.75, 3.05) is 20.0 Å². The Bertz CT molecular complexity index is 764. The van der Waals surface area contributed by atoms with Crippen LogP contribution in [0, 0.1) is 13.8 Å². The summed E-state index contributed by atoms with van der Waals surface area (Å²) in [5, 5.41) is 0. The molecule has 0 amide bonds. The molecule has 0 bridgehead atoms. The number of hydrogen-bond donors (Lipinski definition) is 0. The van der Waals surface area contributed by atoms with Crippen LogP contribution < -0.4 is 0 Å². The highest BCUT2D eigenvalue weighted by Crippen LogP contribution is 2.08. The van der Waals surface area contributed by atoms with E-state index < -0.39 is 24.0 Å². The molecule has 154 valence electrons. The van der Waals surface area contributed by atoms with Crippen molar-refractivity contribution in [3.05, 3.63) is 70.8 Å². The molecule has 0 aromatic heterocycles. The third-order valence-electron chi connectivity index (χ3n) is 3.94. The highest BCUT2D eigenvalue weighted by atomic mass is 16.7. The molecular weight excluding hydrogens is 376 g/mol. The number of carbonyl (C=O) groups is 3. The van der Waals surface area contributed by atoms with Crippen LogP contribution in [-0.4, -0.2) is 44.0 Å². The van der Waals surface area contributed by atoms with Crippen molar-refractivity contribution in [3.63, 3.8) is 0 Å². The van der Waals surface area contributed by atoms with Gasteiger partial charge in [-0.2, -0.15) is 0 Å². The number of esters is 3. The standard InChI is InChI=1S/C22H24O7/c1-15-4-8-18(9-5-15)21(24)26-12-20(29-14-28-17(3)23)13-27-22(25)19-10-6-16(2)7-11-19/h4-11,20H,12-14H2,1-3H3. The van der Waals surface area contributed by atoms with Gasteiger partial charge in [0.1, 0.15) is 19.3 Å². The predicted molar refractivity (Wildman–Crippen MR) is 104 cm³/mol. The zero-order valence-corrected chi connectivity index (χ0v) is 16.7. The van der Waals surface area contributed by atoms with Gasteiger partial charge >= 0.3 is 17.9 Å². The van der Waals surface area contributed by atoms with Crippen molar-refractivity contribution in [2.45, 2.75) is 26.9 Å². The molecule has 7 heteroatoms. The summed E-state index contributed by atoms with van der Waals surface area (Å²) in [7, 11) is 0. The molecule has 0 saturated heterocycles. The fourth-order valence-electron chi connectivity index (χ4n) is 2.24. The van der Waals surface area contributed by atoms with E-state index in [1.807, 2.05) is 13.8 Å². The number of rotatable bonds is 9. The second kappa shape index (κ2) is 11.0. The highest BCUT2D eigenvalue weighted by Gasteiger charge is 2.18. The summed E-state index contributed by atoms with van der Waals surface area (Å²) in [5.41, 5.74) is 2.83. The third-order valence-corrected chi connectivity index (χ3v) is 3.94. The normalized spacial score (nSPS) is 10.5. The first-order valence-corrected chi connectivity index (χ1v) is 9.07. The maximum absolute atomic E-state index is 12.2. The second-order valence-corrected chi connectivity index (χ2v) is 6.47. The Kier molecular flexibility index (Phi) is 8.36. The van der Waals surface area contributed by atoms with Crippen molar-refractivity contribution < 1.29 is 33.3 Å². The molecule has 29 heavy (non-hydrogen) atoms. The Balaban J connectivity index is 1.91. The van der Waals surface area contributed by atoms with Crippen molar-refractivity contribution >= 4 is 17.9 Å². The Labute approximate surface area is 169 Å². The molecule has 0 heterocycles. The average molecular weight is 400 g/mol. The van der Waals surface area contributed by atoms with Gasteiger partial charge in [-0.1, -0.05) is 35.4 Å². The lowest BCUT2D eigenvalue weighted by molar-refractivity contribution is -0.162. The lowest BCUT2D eigenvalue weighted by Gasteiger charge is -2.18. The van der Waals surface area contributed by atoms with Gasteiger partial charge in [0.05, 0.1) is 11.1 Å². The van der Waals surface area contributed by atoms with Crippen LogP contribution in [0.5, 0.6) is 0 Å². The molecule has 0 N–H and O–H groups in total. The lowest BCUT2D eigenvalue weighted by atomic mass is 10.1. The SMILES string of the molecule is CC(=O)OCOC(COC(=O)c1ccc(C)cc1)COC(=O)c1ccc(C)cc1. The van der Waals surface area contributed by atoms with Gasteiger partial charge in [0.25, 0.3) is 0 Å². The van der Waals surface area contributed by atoms with Crippen LogP contribution >= 0.6 is 0 Å². The summed E-state index contributed by atoms with van der Waals surface area (Å²) >= 11 is 0. The van der Waals surface area contributed by atoms with E-state index in [-0.39, 0.29) is 20.0 Å². The number of aryl methyl sites for hydroxylation is 2. The summed E-state index contributed by atoms with van der Waals surface area (Å²) in [6, 6.07) is 13.8. The molecule has 2 aromatic carbocycles. The zero-order valence-electron chi connectivity index (χ0n) is 16.7. The van der Waals surface area contributed by atoms with E-state index in [0.29, 0.717) is 11.1 Å². The molecule has 0 aliphatic carbocycles. The third kappa shape index (κ3) is 7.75. The zero-order chi connectivity index (χ0) is 21.2. The molecule has 2 aromatic rings. The average Bonchev–Trinajstić information content (AvgIpc) is 2.70. The van der Waals surface area contributed by atoms with Crippen LogP contribution in [0.1, 0.15) is 38.8 Å². The molecule has 0 saturated carbocycles. The second-order valence-electron chi connectivity index (χ2n) is 6.47. The van der Waals surface area contributed by atoms with Crippen LogP contribution in [-0.2, 0) is 23.7 Å². The number of carbonyl (C=O) groups excluding carboxylic acids is 3. The summed E-state index contributed by atoms with van der Waals surface area (Å²) < 4.78 is 20.6. The summed E-state index contributed by atoms with van der Waals surface area (Å²) in [6.45, 7) is 4.38. The number of benzene rings is 2. The first kappa shape index (κ1) is 22.1. The van der Waals surface area contributed by atoms with Gasteiger partial charge < -0.3 is 18.9 Å². The fraction of sp³-hybridized carbons (Fsp3) is 0.318. The van der Waals surface area contributed by atoms with Gasteiger partial charge in [0, 0.05) is 6.92 Å². The lowest BCUT2D eigenvalue weighted by Crippen LogP contribution is -2.29. The molecular formula is C22H24O7. The van der Waals surface area contributed by atoms with Gasteiger partial charge in [-0.05, 0) is 38.1 Å². The van der Waals surface area contributed by atoms with E-state index in [4.69, 9.17) is 18.9 Å². The molecule has 7 nitrogen and oxygen atoms in total. The molecule has 0 fully saturated rings. The Morgan fingerprint density at radius 3 is 1.52 bits per heavy atom. The Morgan fingerprint density at radius 1 is 0.724 bits per heavy atom. The van der Waals surface area contributed by atoms with Crippen molar-refractivity contribution in [1.82, 2.24) is 0 Å². The van der Waals surface area contributed by atoms with Crippen LogP contribution in [0.4, 0.5) is 0 Å². The molecule has 0 aliphatic rings.